The van der Waals surface area contributed by atoms with Crippen LogP contribution in [-0.4, -0.2) is 89.8 Å². The Morgan fingerprint density at radius 2 is 1.15 bits per heavy atom. The van der Waals surface area contributed by atoms with Gasteiger partial charge >= 0.3 is 0 Å². The van der Waals surface area contributed by atoms with Crippen molar-refractivity contribution in [2.75, 3.05) is 89.8 Å². The Morgan fingerprint density at radius 1 is 0.706 bits per heavy atom. The van der Waals surface area contributed by atoms with Crippen LogP contribution in [0.5, 0.6) is 0 Å². The van der Waals surface area contributed by atoms with Crippen LogP contribution in [0, 0.1) is 9.02 Å². The fourth-order valence-electron chi connectivity index (χ4n) is 3.66. The second kappa shape index (κ2) is 16.2. The first kappa shape index (κ1) is 30.5. The highest BCUT2D eigenvalue weighted by molar-refractivity contribution is 7.71. The molecule has 0 aliphatic rings. The van der Waals surface area contributed by atoms with Gasteiger partial charge in [0.15, 0.2) is 0 Å². The zero-order valence-electron chi connectivity index (χ0n) is 21.9. The number of rotatable bonds is 16. The van der Waals surface area contributed by atoms with Crippen molar-refractivity contribution >= 4 is 35.8 Å². The molecular formula is C25H43N5O2S2. The van der Waals surface area contributed by atoms with E-state index >= 15 is 0 Å². The molecule has 0 fully saturated rings. The zero-order chi connectivity index (χ0) is 25.7. The van der Waals surface area contributed by atoms with Crippen molar-refractivity contribution in [3.63, 3.8) is 0 Å². The summed E-state index contributed by atoms with van der Waals surface area (Å²) in [6, 6.07) is 3.57. The average molecular weight is 510 g/mol. The lowest BCUT2D eigenvalue weighted by molar-refractivity contribution is 0.282. The minimum atomic E-state index is 0.0183. The van der Waals surface area contributed by atoms with Crippen LogP contribution in [0.15, 0.2) is 21.7 Å². The third kappa shape index (κ3) is 9.62. The lowest BCUT2D eigenvalue weighted by Crippen LogP contribution is -2.39. The Kier molecular flexibility index (Phi) is 14.5. The van der Waals surface area contributed by atoms with Crippen molar-refractivity contribution in [1.29, 1.82) is 0 Å². The third-order valence-electron chi connectivity index (χ3n) is 5.98. The molecule has 0 unspecified atom stereocenters. The molecule has 0 bridgehead atoms. The van der Waals surface area contributed by atoms with Crippen LogP contribution in [0.25, 0.3) is 0 Å². The molecule has 7 nitrogen and oxygen atoms in total. The van der Waals surface area contributed by atoms with Gasteiger partial charge in [0.25, 0.3) is 0 Å². The fraction of sp³-hybridized carbons (Fsp3) is 0.680. The highest BCUT2D eigenvalue weighted by Crippen LogP contribution is 2.10. The van der Waals surface area contributed by atoms with Gasteiger partial charge in [0.1, 0.15) is 0 Å². The molecule has 0 aliphatic carbocycles. The molecule has 0 atom stereocenters. The minimum Gasteiger partial charge on any atom is -0.370 e. The van der Waals surface area contributed by atoms with Gasteiger partial charge in [-0.05, 0) is 51.7 Å². The monoisotopic (exact) mass is 509 g/mol. The van der Waals surface area contributed by atoms with Crippen LogP contribution < -0.4 is 26.0 Å². The Hall–Kier alpha value is -1.52. The Bertz CT molecular complexity index is 979. The van der Waals surface area contributed by atoms with Crippen molar-refractivity contribution < 1.29 is 0 Å². The van der Waals surface area contributed by atoms with Gasteiger partial charge in [0.05, 0.1) is 20.4 Å². The quantitative estimate of drug-likeness (QED) is 0.344. The number of anilines is 2. The van der Waals surface area contributed by atoms with E-state index in [4.69, 9.17) is 24.4 Å². The number of nitrogens with zero attached hydrogens (tertiary/aromatic N) is 4. The maximum absolute atomic E-state index is 11.5. The van der Waals surface area contributed by atoms with E-state index in [9.17, 15) is 9.59 Å². The van der Waals surface area contributed by atoms with E-state index in [0.717, 1.165) is 76.7 Å². The van der Waals surface area contributed by atoms with Crippen LogP contribution in [0.3, 0.4) is 0 Å². The predicted molar refractivity (Wildman–Crippen MR) is 151 cm³/mol. The van der Waals surface area contributed by atoms with Crippen LogP contribution in [0.2, 0.25) is 0 Å². The largest absolute Gasteiger partial charge is 0.370 e. The smallest absolute Gasteiger partial charge is 0.219 e. The standard InChI is InChI=1S/C13H23N3OS.C12H20N2OS/c1-4-6-16(7-5-14-2)9-8-15(3)11-10-12(18)13(11)17;1-4-6-14(5-2)8-7-13(3)10-9-11(16)12(10)15/h10,14H,4-9H2,1-3H3;9H,4-8H2,1-3H3. The highest BCUT2D eigenvalue weighted by Gasteiger charge is 2.13. The summed E-state index contributed by atoms with van der Waals surface area (Å²) < 4.78 is 0.917. The Morgan fingerprint density at radius 3 is 1.50 bits per heavy atom. The number of nitrogens with one attached hydrogen (secondary N) is 1. The lowest BCUT2D eigenvalue weighted by atomic mass is 10.2. The van der Waals surface area contributed by atoms with Crippen LogP contribution in [0.4, 0.5) is 11.4 Å². The Labute approximate surface area is 215 Å². The van der Waals surface area contributed by atoms with Crippen LogP contribution in [0.1, 0.15) is 33.6 Å². The summed E-state index contributed by atoms with van der Waals surface area (Å²) in [6.07, 6.45) is 2.32. The third-order valence-corrected chi connectivity index (χ3v) is 6.59. The van der Waals surface area contributed by atoms with Crippen molar-refractivity contribution in [1.82, 2.24) is 15.1 Å². The maximum atomic E-state index is 11.5. The van der Waals surface area contributed by atoms with Crippen molar-refractivity contribution in [3.05, 3.63) is 41.6 Å². The summed E-state index contributed by atoms with van der Waals surface area (Å²) >= 11 is 9.71. The molecule has 0 radical (unpaired) electrons. The van der Waals surface area contributed by atoms with Crippen molar-refractivity contribution in [2.24, 2.45) is 0 Å². The molecule has 0 heterocycles. The van der Waals surface area contributed by atoms with Crippen LogP contribution >= 0.6 is 24.4 Å². The van der Waals surface area contributed by atoms with Crippen molar-refractivity contribution in [3.8, 4) is 0 Å². The summed E-state index contributed by atoms with van der Waals surface area (Å²) in [5, 5.41) is 3.16. The second-order valence-corrected chi connectivity index (χ2v) is 9.55. The summed E-state index contributed by atoms with van der Waals surface area (Å²) in [6.45, 7) is 15.6. The zero-order valence-corrected chi connectivity index (χ0v) is 23.5. The molecule has 34 heavy (non-hydrogen) atoms. The molecule has 9 heteroatoms. The van der Waals surface area contributed by atoms with Gasteiger partial charge in [-0.25, -0.2) is 0 Å². The first-order chi connectivity index (χ1) is 16.2. The summed E-state index contributed by atoms with van der Waals surface area (Å²) in [5.41, 5.74) is 1.56. The van der Waals surface area contributed by atoms with E-state index in [1.807, 2.05) is 30.9 Å². The molecular weight excluding hydrogens is 466 g/mol. The number of hydrogen-bond donors (Lipinski definition) is 1. The fourth-order valence-corrected chi connectivity index (χ4v) is 4.10. The molecule has 0 saturated heterocycles. The molecule has 2 aromatic rings. The van der Waals surface area contributed by atoms with E-state index < -0.39 is 0 Å². The molecule has 1 N–H and O–H groups in total. The summed E-state index contributed by atoms with van der Waals surface area (Å²) in [4.78, 5) is 31.6. The average Bonchev–Trinajstić information content (AvgIpc) is 2.84. The molecule has 0 amide bonds. The SMILES string of the molecule is CCCN(CC)CCN(C)c1cc(=S)c1=O.CCCN(CCNC)CCN(C)c1cc(=S)c1=O. The second-order valence-electron chi connectivity index (χ2n) is 8.67. The van der Waals surface area contributed by atoms with Crippen molar-refractivity contribution in [2.45, 2.75) is 33.6 Å². The van der Waals surface area contributed by atoms with E-state index in [0.29, 0.717) is 9.02 Å². The number of likely N-dealkylation sites (N-methyl/N-ethyl adjacent to an activating group) is 4. The molecule has 192 valence electrons. The van der Waals surface area contributed by atoms with Crippen LogP contribution in [-0.2, 0) is 0 Å². The van der Waals surface area contributed by atoms with Gasteiger partial charge in [-0.2, -0.15) is 0 Å². The van der Waals surface area contributed by atoms with E-state index in [2.05, 4.69) is 35.9 Å². The summed E-state index contributed by atoms with van der Waals surface area (Å²) in [7, 11) is 5.87. The van der Waals surface area contributed by atoms with Gasteiger partial charge in [-0.1, -0.05) is 45.2 Å². The first-order valence-electron chi connectivity index (χ1n) is 12.3. The number of hydrogen-bond acceptors (Lipinski definition) is 9. The van der Waals surface area contributed by atoms with Gasteiger partial charge in [-0.3, -0.25) is 9.59 Å². The molecule has 2 aromatic carbocycles. The minimum absolute atomic E-state index is 0.0183. The molecule has 0 aromatic heterocycles. The van der Waals surface area contributed by atoms with Gasteiger partial charge in [0, 0.05) is 53.4 Å². The molecule has 0 aliphatic heterocycles. The maximum Gasteiger partial charge on any atom is 0.219 e. The molecule has 0 spiro atoms. The van der Waals surface area contributed by atoms with Gasteiger partial charge in [-0.15, -0.1) is 0 Å². The summed E-state index contributed by atoms with van der Waals surface area (Å²) in [5.74, 6) is 0. The van der Waals surface area contributed by atoms with Gasteiger partial charge < -0.3 is 24.9 Å². The van der Waals surface area contributed by atoms with E-state index in [1.165, 1.54) is 6.42 Å². The molecule has 0 saturated carbocycles. The van der Waals surface area contributed by atoms with E-state index in [1.54, 1.807) is 12.1 Å². The predicted octanol–water partition coefficient (Wildman–Crippen LogP) is 2.84. The van der Waals surface area contributed by atoms with Gasteiger partial charge in [0.2, 0.25) is 10.9 Å². The first-order valence-corrected chi connectivity index (χ1v) is 13.1. The molecule has 2 rings (SSSR count). The lowest BCUT2D eigenvalue weighted by Gasteiger charge is -2.26. The topological polar surface area (TPSA) is 59.1 Å². The van der Waals surface area contributed by atoms with E-state index in [-0.39, 0.29) is 10.9 Å². The normalized spacial score (nSPS) is 11.3. The Balaban J connectivity index is 0.000000342. The highest BCUT2D eigenvalue weighted by atomic mass is 32.1.